The highest BCUT2D eigenvalue weighted by Gasteiger charge is 2.22. The molecular formula is C53H101NO4. The Morgan fingerprint density at radius 2 is 0.707 bits per heavy atom. The molecular weight excluding hydrogens is 715 g/mol. The molecule has 5 heteroatoms. The van der Waals surface area contributed by atoms with Gasteiger partial charge in [0.1, 0.15) is 6.10 Å². The summed E-state index contributed by atoms with van der Waals surface area (Å²) >= 11 is 0. The third kappa shape index (κ3) is 42.7. The van der Waals surface area contributed by atoms with E-state index in [0.717, 1.165) is 38.5 Å². The number of unbranched alkanes of at least 4 members (excludes halogenated alkanes) is 35. The SMILES string of the molecule is CCCCCCCCCCC/C=C\CCCCCCCCC(O)C(=O)NC(CO)C(O)/C=C/CC/C=C/CCCCCCCCCCCCCCCCCCCCC. The molecule has 4 N–H and O–H groups in total. The Morgan fingerprint density at radius 3 is 1.05 bits per heavy atom. The Bertz CT molecular complexity index is 901. The average molecular weight is 816 g/mol. The summed E-state index contributed by atoms with van der Waals surface area (Å²) in [4.78, 5) is 12.5. The Morgan fingerprint density at radius 1 is 0.414 bits per heavy atom. The van der Waals surface area contributed by atoms with Gasteiger partial charge in [0.15, 0.2) is 0 Å². The minimum absolute atomic E-state index is 0.377. The lowest BCUT2D eigenvalue weighted by Crippen LogP contribution is -2.48. The summed E-state index contributed by atoms with van der Waals surface area (Å²) in [6, 6.07) is -0.817. The molecule has 0 aliphatic carbocycles. The molecule has 0 radical (unpaired) electrons. The van der Waals surface area contributed by atoms with E-state index in [1.165, 1.54) is 212 Å². The zero-order valence-electron chi connectivity index (χ0n) is 38.9. The van der Waals surface area contributed by atoms with Gasteiger partial charge in [-0.25, -0.2) is 0 Å². The first-order valence-corrected chi connectivity index (χ1v) is 25.8. The van der Waals surface area contributed by atoms with E-state index in [-0.39, 0.29) is 6.61 Å². The highest BCUT2D eigenvalue weighted by atomic mass is 16.3. The fraction of sp³-hybridized carbons (Fsp3) is 0.868. The quantitative estimate of drug-likeness (QED) is 0.0364. The summed E-state index contributed by atoms with van der Waals surface area (Å²) in [6.07, 6.45) is 62.1. The van der Waals surface area contributed by atoms with Crippen molar-refractivity contribution in [2.45, 2.75) is 289 Å². The number of aliphatic hydroxyl groups excluding tert-OH is 3. The molecule has 0 spiro atoms. The van der Waals surface area contributed by atoms with Gasteiger partial charge in [0, 0.05) is 0 Å². The molecule has 0 aromatic carbocycles. The highest BCUT2D eigenvalue weighted by molar-refractivity contribution is 5.80. The van der Waals surface area contributed by atoms with E-state index in [9.17, 15) is 20.1 Å². The van der Waals surface area contributed by atoms with E-state index in [1.807, 2.05) is 6.08 Å². The molecule has 0 heterocycles. The van der Waals surface area contributed by atoms with Gasteiger partial charge in [-0.3, -0.25) is 4.79 Å². The van der Waals surface area contributed by atoms with Crippen LogP contribution in [0, 0.1) is 0 Å². The molecule has 0 saturated carbocycles. The second-order valence-corrected chi connectivity index (χ2v) is 17.7. The van der Waals surface area contributed by atoms with Gasteiger partial charge in [0.2, 0.25) is 5.91 Å². The second-order valence-electron chi connectivity index (χ2n) is 17.7. The van der Waals surface area contributed by atoms with Crippen LogP contribution in [-0.4, -0.2) is 46.1 Å². The number of carbonyl (C=O) groups excluding carboxylic acids is 1. The molecule has 0 aromatic heterocycles. The normalized spacial score (nSPS) is 13.7. The molecule has 3 atom stereocenters. The number of amides is 1. The maximum absolute atomic E-state index is 12.5. The van der Waals surface area contributed by atoms with Crippen molar-refractivity contribution < 1.29 is 20.1 Å². The molecule has 0 saturated heterocycles. The summed E-state index contributed by atoms with van der Waals surface area (Å²) in [5, 5.41) is 33.2. The first-order valence-electron chi connectivity index (χ1n) is 25.8. The minimum Gasteiger partial charge on any atom is -0.394 e. The summed E-state index contributed by atoms with van der Waals surface area (Å²) < 4.78 is 0. The monoisotopic (exact) mass is 816 g/mol. The van der Waals surface area contributed by atoms with Gasteiger partial charge >= 0.3 is 0 Å². The Hall–Kier alpha value is -1.43. The van der Waals surface area contributed by atoms with Gasteiger partial charge in [-0.05, 0) is 57.8 Å². The average Bonchev–Trinajstić information content (AvgIpc) is 3.23. The molecule has 0 aromatic rings. The smallest absolute Gasteiger partial charge is 0.249 e. The molecule has 3 unspecified atom stereocenters. The topological polar surface area (TPSA) is 89.8 Å². The van der Waals surface area contributed by atoms with Gasteiger partial charge < -0.3 is 20.6 Å². The third-order valence-electron chi connectivity index (χ3n) is 12.0. The number of carbonyl (C=O) groups is 1. The van der Waals surface area contributed by atoms with E-state index in [1.54, 1.807) is 6.08 Å². The van der Waals surface area contributed by atoms with Crippen molar-refractivity contribution in [1.82, 2.24) is 5.32 Å². The van der Waals surface area contributed by atoms with Crippen molar-refractivity contribution in [3.8, 4) is 0 Å². The van der Waals surface area contributed by atoms with Gasteiger partial charge in [-0.15, -0.1) is 0 Å². The van der Waals surface area contributed by atoms with E-state index in [4.69, 9.17) is 0 Å². The van der Waals surface area contributed by atoms with E-state index in [0.29, 0.717) is 6.42 Å². The molecule has 1 amide bonds. The zero-order chi connectivity index (χ0) is 42.3. The number of rotatable bonds is 47. The largest absolute Gasteiger partial charge is 0.394 e. The van der Waals surface area contributed by atoms with Crippen molar-refractivity contribution in [3.05, 3.63) is 36.5 Å². The third-order valence-corrected chi connectivity index (χ3v) is 12.0. The molecule has 58 heavy (non-hydrogen) atoms. The number of allylic oxidation sites excluding steroid dienone is 5. The van der Waals surface area contributed by atoms with Crippen LogP contribution >= 0.6 is 0 Å². The lowest BCUT2D eigenvalue weighted by atomic mass is 10.0. The Balaban J connectivity index is 3.65. The van der Waals surface area contributed by atoms with Crippen LogP contribution in [0.1, 0.15) is 271 Å². The predicted octanol–water partition coefficient (Wildman–Crippen LogP) is 15.5. The van der Waals surface area contributed by atoms with Crippen LogP contribution in [0.3, 0.4) is 0 Å². The fourth-order valence-corrected chi connectivity index (χ4v) is 7.90. The summed E-state index contributed by atoms with van der Waals surface area (Å²) in [5.41, 5.74) is 0. The van der Waals surface area contributed by atoms with Crippen molar-refractivity contribution in [2.24, 2.45) is 0 Å². The van der Waals surface area contributed by atoms with Crippen molar-refractivity contribution in [1.29, 1.82) is 0 Å². The van der Waals surface area contributed by atoms with Crippen LogP contribution in [0.2, 0.25) is 0 Å². The fourth-order valence-electron chi connectivity index (χ4n) is 7.90. The number of hydrogen-bond acceptors (Lipinski definition) is 4. The Kier molecular flexibility index (Phi) is 47.0. The van der Waals surface area contributed by atoms with Crippen LogP contribution in [0.25, 0.3) is 0 Å². The van der Waals surface area contributed by atoms with Crippen LogP contribution in [-0.2, 0) is 4.79 Å². The predicted molar refractivity (Wildman–Crippen MR) is 254 cm³/mol. The maximum Gasteiger partial charge on any atom is 0.249 e. The number of hydrogen-bond donors (Lipinski definition) is 4. The molecule has 0 rings (SSSR count). The summed E-state index contributed by atoms with van der Waals surface area (Å²) in [5.74, 6) is -0.515. The van der Waals surface area contributed by atoms with Gasteiger partial charge in [-0.1, -0.05) is 249 Å². The Labute approximate surface area is 362 Å². The highest BCUT2D eigenvalue weighted by Crippen LogP contribution is 2.16. The molecule has 0 bridgehead atoms. The van der Waals surface area contributed by atoms with Crippen LogP contribution in [0.4, 0.5) is 0 Å². The van der Waals surface area contributed by atoms with Crippen LogP contribution < -0.4 is 5.32 Å². The minimum atomic E-state index is -1.11. The van der Waals surface area contributed by atoms with Crippen molar-refractivity contribution >= 4 is 5.91 Å². The first-order chi connectivity index (χ1) is 28.6. The summed E-state index contributed by atoms with van der Waals surface area (Å²) in [6.45, 7) is 4.19. The number of nitrogens with one attached hydrogen (secondary N) is 1. The maximum atomic E-state index is 12.5. The van der Waals surface area contributed by atoms with E-state index in [2.05, 4.69) is 43.5 Å². The van der Waals surface area contributed by atoms with Gasteiger partial charge in [0.05, 0.1) is 18.8 Å². The van der Waals surface area contributed by atoms with Crippen molar-refractivity contribution in [3.63, 3.8) is 0 Å². The van der Waals surface area contributed by atoms with E-state index < -0.39 is 24.2 Å². The molecule has 342 valence electrons. The van der Waals surface area contributed by atoms with Gasteiger partial charge in [-0.2, -0.15) is 0 Å². The summed E-state index contributed by atoms with van der Waals surface area (Å²) in [7, 11) is 0. The molecule has 5 nitrogen and oxygen atoms in total. The molecule has 0 aliphatic rings. The molecule has 0 aliphatic heterocycles. The van der Waals surface area contributed by atoms with Crippen LogP contribution in [0.5, 0.6) is 0 Å². The van der Waals surface area contributed by atoms with Crippen molar-refractivity contribution in [2.75, 3.05) is 6.61 Å². The van der Waals surface area contributed by atoms with Crippen LogP contribution in [0.15, 0.2) is 36.5 Å². The second kappa shape index (κ2) is 48.2. The lowest BCUT2D eigenvalue weighted by Gasteiger charge is -2.21. The lowest BCUT2D eigenvalue weighted by molar-refractivity contribution is -0.131. The first kappa shape index (κ1) is 56.6. The standard InChI is InChI=1S/C53H101NO4/c1-3-5-7-9-11-13-15-17-19-21-23-24-25-26-27-28-30-31-33-35-37-39-41-43-45-47-51(56)50(49-55)54-53(58)52(57)48-46-44-42-40-38-36-34-32-29-22-20-18-16-14-12-10-8-6-4-2/h29,32,37,39,45,47,50-52,55-57H,3-28,30-31,33-36,38,40-44,46,48-49H2,1-2H3,(H,54,58)/b32-29-,39-37+,47-45+. The van der Waals surface area contributed by atoms with E-state index >= 15 is 0 Å². The zero-order valence-corrected chi connectivity index (χ0v) is 38.9. The van der Waals surface area contributed by atoms with Gasteiger partial charge in [0.25, 0.3) is 0 Å². The molecule has 0 fully saturated rings. The number of aliphatic hydroxyl groups is 3.